The minimum absolute atomic E-state index is 0.120. The van der Waals surface area contributed by atoms with Gasteiger partial charge in [-0.05, 0) is 29.7 Å². The van der Waals surface area contributed by atoms with Crippen LogP contribution in [0.15, 0.2) is 30.3 Å². The highest BCUT2D eigenvalue weighted by atomic mass is 19.1. The summed E-state index contributed by atoms with van der Waals surface area (Å²) in [6.07, 6.45) is 3.24. The van der Waals surface area contributed by atoms with Crippen LogP contribution in [0.5, 0.6) is 0 Å². The second-order valence-electron chi connectivity index (χ2n) is 5.45. The average Bonchev–Trinajstić information content (AvgIpc) is 2.62. The highest BCUT2D eigenvalue weighted by Gasteiger charge is 2.26. The van der Waals surface area contributed by atoms with Crippen LogP contribution in [0.1, 0.15) is 25.8 Å². The molecule has 0 heterocycles. The van der Waals surface area contributed by atoms with Gasteiger partial charge in [-0.25, -0.2) is 14.0 Å². The van der Waals surface area contributed by atoms with Gasteiger partial charge in [-0.15, -0.1) is 0 Å². The fourth-order valence-corrected chi connectivity index (χ4v) is 1.93. The van der Waals surface area contributed by atoms with E-state index < -0.39 is 30.5 Å². The summed E-state index contributed by atoms with van der Waals surface area (Å²) in [6, 6.07) is 4.73. The molecule has 0 saturated carbocycles. The van der Waals surface area contributed by atoms with Crippen LogP contribution in [0.2, 0.25) is 0 Å². The largest absolute Gasteiger partial charge is 0.467 e. The lowest BCUT2D eigenvalue weighted by atomic mass is 9.99. The van der Waals surface area contributed by atoms with Crippen molar-refractivity contribution in [3.63, 3.8) is 0 Å². The number of hydrogen-bond donors (Lipinski definition) is 1. The van der Waals surface area contributed by atoms with Crippen molar-refractivity contribution < 1.29 is 28.2 Å². The Kier molecular flexibility index (Phi) is 8.32. The van der Waals surface area contributed by atoms with Crippen LogP contribution in [0, 0.1) is 11.7 Å². The maximum atomic E-state index is 12.8. The molecule has 0 aromatic heterocycles. The summed E-state index contributed by atoms with van der Waals surface area (Å²) in [7, 11) is 1.24. The van der Waals surface area contributed by atoms with Crippen molar-refractivity contribution >= 4 is 23.9 Å². The number of halogens is 1. The number of ether oxygens (including phenoxy) is 2. The number of nitrogens with one attached hydrogen (secondary N) is 1. The standard InChI is InChI=1S/C18H22FNO5/c1-4-12(2)17(18(23)24-3)20-15(21)11-25-16(22)10-7-13-5-8-14(19)9-6-13/h5-10,12,17H,4,11H2,1-3H3,(H,20,21)/b10-7+/t12-,17-/m1/s1. The highest BCUT2D eigenvalue weighted by Crippen LogP contribution is 2.09. The molecule has 1 rings (SSSR count). The second-order valence-corrected chi connectivity index (χ2v) is 5.45. The van der Waals surface area contributed by atoms with Crippen LogP contribution in [-0.4, -0.2) is 37.6 Å². The maximum Gasteiger partial charge on any atom is 0.331 e. The summed E-state index contributed by atoms with van der Waals surface area (Å²) in [4.78, 5) is 35.1. The van der Waals surface area contributed by atoms with Crippen LogP contribution < -0.4 is 5.32 Å². The lowest BCUT2D eigenvalue weighted by molar-refractivity contribution is -0.148. The Balaban J connectivity index is 2.50. The van der Waals surface area contributed by atoms with Crippen LogP contribution >= 0.6 is 0 Å². The fraction of sp³-hybridized carbons (Fsp3) is 0.389. The zero-order valence-electron chi connectivity index (χ0n) is 14.5. The molecule has 25 heavy (non-hydrogen) atoms. The van der Waals surface area contributed by atoms with Crippen molar-refractivity contribution in [1.82, 2.24) is 5.32 Å². The van der Waals surface area contributed by atoms with Gasteiger partial charge in [0.1, 0.15) is 11.9 Å². The summed E-state index contributed by atoms with van der Waals surface area (Å²) in [5.41, 5.74) is 0.616. The number of esters is 2. The molecule has 1 amide bonds. The van der Waals surface area contributed by atoms with Crippen molar-refractivity contribution in [2.45, 2.75) is 26.3 Å². The summed E-state index contributed by atoms with van der Waals surface area (Å²) >= 11 is 0. The molecule has 0 aliphatic rings. The molecule has 0 spiro atoms. The molecule has 6 nitrogen and oxygen atoms in total. The molecule has 0 fully saturated rings. The average molecular weight is 351 g/mol. The van der Waals surface area contributed by atoms with Crippen molar-refractivity contribution in [2.75, 3.05) is 13.7 Å². The molecule has 0 radical (unpaired) electrons. The summed E-state index contributed by atoms with van der Waals surface area (Å²) in [6.45, 7) is 3.17. The van der Waals surface area contributed by atoms with Gasteiger partial charge in [-0.2, -0.15) is 0 Å². The first-order chi connectivity index (χ1) is 11.9. The number of hydrogen-bond acceptors (Lipinski definition) is 5. The van der Waals surface area contributed by atoms with E-state index in [0.29, 0.717) is 12.0 Å². The Morgan fingerprint density at radius 3 is 2.44 bits per heavy atom. The maximum absolute atomic E-state index is 12.8. The van der Waals surface area contributed by atoms with Crippen molar-refractivity contribution in [3.05, 3.63) is 41.7 Å². The zero-order valence-corrected chi connectivity index (χ0v) is 14.5. The van der Waals surface area contributed by atoms with Gasteiger partial charge in [-0.3, -0.25) is 4.79 Å². The third kappa shape index (κ3) is 7.15. The van der Waals surface area contributed by atoms with Crippen molar-refractivity contribution in [3.8, 4) is 0 Å². The van der Waals surface area contributed by atoms with E-state index in [-0.39, 0.29) is 11.7 Å². The van der Waals surface area contributed by atoms with Gasteiger partial charge in [0.05, 0.1) is 7.11 Å². The smallest absolute Gasteiger partial charge is 0.331 e. The Labute approximate surface area is 146 Å². The van der Waals surface area contributed by atoms with E-state index >= 15 is 0 Å². The van der Waals surface area contributed by atoms with Gasteiger partial charge in [0.2, 0.25) is 0 Å². The molecule has 0 saturated heterocycles. The summed E-state index contributed by atoms with van der Waals surface area (Å²) < 4.78 is 22.2. The van der Waals surface area contributed by atoms with Crippen molar-refractivity contribution in [1.29, 1.82) is 0 Å². The monoisotopic (exact) mass is 351 g/mol. The number of benzene rings is 1. The zero-order chi connectivity index (χ0) is 18.8. The van der Waals surface area contributed by atoms with E-state index in [9.17, 15) is 18.8 Å². The van der Waals surface area contributed by atoms with E-state index in [1.807, 2.05) is 6.92 Å². The van der Waals surface area contributed by atoms with Crippen LogP contribution in [0.4, 0.5) is 4.39 Å². The van der Waals surface area contributed by atoms with Gasteiger partial charge in [0.15, 0.2) is 6.61 Å². The molecular formula is C18H22FNO5. The first-order valence-electron chi connectivity index (χ1n) is 7.85. The molecule has 1 aromatic carbocycles. The Morgan fingerprint density at radius 2 is 1.88 bits per heavy atom. The first kappa shape index (κ1) is 20.3. The van der Waals surface area contributed by atoms with E-state index in [1.54, 1.807) is 6.92 Å². The van der Waals surface area contributed by atoms with Gasteiger partial charge < -0.3 is 14.8 Å². The van der Waals surface area contributed by atoms with E-state index in [1.165, 1.54) is 37.5 Å². The normalized spacial score (nSPS) is 13.1. The van der Waals surface area contributed by atoms with Gasteiger partial charge in [0, 0.05) is 6.08 Å². The van der Waals surface area contributed by atoms with E-state index in [4.69, 9.17) is 4.74 Å². The van der Waals surface area contributed by atoms with E-state index in [0.717, 1.165) is 6.08 Å². The molecule has 136 valence electrons. The van der Waals surface area contributed by atoms with Gasteiger partial charge >= 0.3 is 11.9 Å². The first-order valence-corrected chi connectivity index (χ1v) is 7.85. The molecular weight excluding hydrogens is 329 g/mol. The predicted octanol–water partition coefficient (Wildman–Crippen LogP) is 2.09. The molecule has 0 unspecified atom stereocenters. The number of amides is 1. The molecule has 7 heteroatoms. The fourth-order valence-electron chi connectivity index (χ4n) is 1.93. The topological polar surface area (TPSA) is 81.7 Å². The van der Waals surface area contributed by atoms with Gasteiger partial charge in [0.25, 0.3) is 5.91 Å². The minimum Gasteiger partial charge on any atom is -0.467 e. The Bertz CT molecular complexity index is 627. The summed E-state index contributed by atoms with van der Waals surface area (Å²) in [5.74, 6) is -2.37. The lowest BCUT2D eigenvalue weighted by Crippen LogP contribution is -2.47. The molecule has 1 N–H and O–H groups in total. The van der Waals surface area contributed by atoms with E-state index in [2.05, 4.69) is 10.1 Å². The molecule has 1 aromatic rings. The number of carbonyl (C=O) groups is 3. The van der Waals surface area contributed by atoms with Crippen LogP contribution in [-0.2, 0) is 23.9 Å². The predicted molar refractivity (Wildman–Crippen MR) is 89.8 cm³/mol. The minimum atomic E-state index is -0.795. The van der Waals surface area contributed by atoms with Crippen molar-refractivity contribution in [2.24, 2.45) is 5.92 Å². The molecule has 0 bridgehead atoms. The Hall–Kier alpha value is -2.70. The quantitative estimate of drug-likeness (QED) is 0.573. The molecule has 0 aliphatic heterocycles. The highest BCUT2D eigenvalue weighted by molar-refractivity contribution is 5.90. The third-order valence-corrected chi connectivity index (χ3v) is 3.61. The third-order valence-electron chi connectivity index (χ3n) is 3.61. The summed E-state index contributed by atoms with van der Waals surface area (Å²) in [5, 5.41) is 2.50. The number of carbonyl (C=O) groups excluding carboxylic acids is 3. The molecule has 0 aliphatic carbocycles. The molecule has 2 atom stereocenters. The second kappa shape index (κ2) is 10.2. The lowest BCUT2D eigenvalue weighted by Gasteiger charge is -2.21. The van der Waals surface area contributed by atoms with Crippen LogP contribution in [0.25, 0.3) is 6.08 Å². The number of methoxy groups -OCH3 is 1. The number of rotatable bonds is 8. The Morgan fingerprint density at radius 1 is 1.24 bits per heavy atom. The SMILES string of the molecule is CC[C@@H](C)[C@@H](NC(=O)COC(=O)/C=C/c1ccc(F)cc1)C(=O)OC. The van der Waals surface area contributed by atoms with Crippen LogP contribution in [0.3, 0.4) is 0 Å². The van der Waals surface area contributed by atoms with Gasteiger partial charge in [-0.1, -0.05) is 32.4 Å².